The topological polar surface area (TPSA) is 86.6 Å². The predicted molar refractivity (Wildman–Crippen MR) is 51.5 cm³/mol. The van der Waals surface area contributed by atoms with Gasteiger partial charge in [-0.15, -0.1) is 0 Å². The van der Waals surface area contributed by atoms with Gasteiger partial charge in [-0.1, -0.05) is 6.92 Å². The van der Waals surface area contributed by atoms with Gasteiger partial charge in [-0.3, -0.25) is 4.79 Å². The van der Waals surface area contributed by atoms with E-state index in [1.54, 1.807) is 6.92 Å². The van der Waals surface area contributed by atoms with Gasteiger partial charge in [0.1, 0.15) is 0 Å². The standard InChI is InChI=1S/C7H13NO2.C2HF3O2/c1-5(7(9)10)6-2-3-8-4-6;3-2(4,5)1(6)7/h5-6,8H,2-4H2,1H3,(H,9,10);(H,6,7)/t5?,6-;/m0./s1. The molecule has 1 rings (SSSR count). The Hall–Kier alpha value is -1.31. The van der Waals surface area contributed by atoms with Crippen LogP contribution < -0.4 is 5.32 Å². The van der Waals surface area contributed by atoms with Gasteiger partial charge in [0.25, 0.3) is 0 Å². The Morgan fingerprint density at radius 2 is 1.82 bits per heavy atom. The van der Waals surface area contributed by atoms with E-state index in [1.165, 1.54) is 0 Å². The molecule has 0 aromatic carbocycles. The largest absolute Gasteiger partial charge is 0.490 e. The van der Waals surface area contributed by atoms with Gasteiger partial charge >= 0.3 is 18.1 Å². The lowest BCUT2D eigenvalue weighted by Crippen LogP contribution is -2.22. The summed E-state index contributed by atoms with van der Waals surface area (Å²) in [5, 5.41) is 18.9. The molecular formula is C9H14F3NO4. The normalized spacial score (nSPS) is 21.3. The van der Waals surface area contributed by atoms with Crippen LogP contribution in [0.2, 0.25) is 0 Å². The van der Waals surface area contributed by atoms with Crippen LogP contribution in [0, 0.1) is 11.8 Å². The van der Waals surface area contributed by atoms with Crippen LogP contribution in [0.15, 0.2) is 0 Å². The Kier molecular flexibility index (Phi) is 5.94. The second-order valence-corrected chi connectivity index (χ2v) is 3.68. The number of halogens is 3. The number of nitrogens with one attached hydrogen (secondary N) is 1. The van der Waals surface area contributed by atoms with Crippen LogP contribution in [-0.2, 0) is 9.59 Å². The fraction of sp³-hybridized carbons (Fsp3) is 0.778. The molecular weight excluding hydrogens is 243 g/mol. The molecule has 8 heteroatoms. The van der Waals surface area contributed by atoms with E-state index >= 15 is 0 Å². The van der Waals surface area contributed by atoms with Gasteiger partial charge in [-0.05, 0) is 25.4 Å². The molecule has 0 radical (unpaired) electrons. The van der Waals surface area contributed by atoms with E-state index < -0.39 is 18.1 Å². The van der Waals surface area contributed by atoms with Crippen molar-refractivity contribution in [3.8, 4) is 0 Å². The lowest BCUT2D eigenvalue weighted by molar-refractivity contribution is -0.192. The molecule has 5 nitrogen and oxygen atoms in total. The molecule has 0 amide bonds. The average molecular weight is 257 g/mol. The zero-order chi connectivity index (χ0) is 13.6. The monoisotopic (exact) mass is 257 g/mol. The van der Waals surface area contributed by atoms with E-state index in [0.717, 1.165) is 19.5 Å². The first-order valence-corrected chi connectivity index (χ1v) is 4.90. The molecule has 1 unspecified atom stereocenters. The first-order chi connectivity index (χ1) is 7.66. The molecule has 0 aliphatic carbocycles. The van der Waals surface area contributed by atoms with Gasteiger partial charge in [0.2, 0.25) is 0 Å². The SMILES string of the molecule is CC(C(=O)O)[C@H]1CCNC1.O=C(O)C(F)(F)F. The fourth-order valence-electron chi connectivity index (χ4n) is 1.31. The second-order valence-electron chi connectivity index (χ2n) is 3.68. The van der Waals surface area contributed by atoms with Crippen molar-refractivity contribution in [2.45, 2.75) is 19.5 Å². The van der Waals surface area contributed by atoms with Gasteiger partial charge < -0.3 is 15.5 Å². The molecule has 1 aliphatic heterocycles. The molecule has 0 spiro atoms. The predicted octanol–water partition coefficient (Wildman–Crippen LogP) is 0.950. The number of carboxylic acids is 2. The minimum Gasteiger partial charge on any atom is -0.481 e. The summed E-state index contributed by atoms with van der Waals surface area (Å²) in [4.78, 5) is 19.4. The molecule has 0 aromatic heterocycles. The van der Waals surface area contributed by atoms with Gasteiger partial charge in [-0.25, -0.2) is 4.79 Å². The zero-order valence-electron chi connectivity index (χ0n) is 9.12. The molecule has 3 N–H and O–H groups in total. The Labute approximate surface area is 95.6 Å². The minimum absolute atomic E-state index is 0.185. The van der Waals surface area contributed by atoms with Crippen LogP contribution in [0.1, 0.15) is 13.3 Å². The molecule has 1 aliphatic rings. The smallest absolute Gasteiger partial charge is 0.481 e. The van der Waals surface area contributed by atoms with Crippen molar-refractivity contribution in [2.75, 3.05) is 13.1 Å². The van der Waals surface area contributed by atoms with Crippen LogP contribution in [0.5, 0.6) is 0 Å². The number of rotatable bonds is 2. The fourth-order valence-corrected chi connectivity index (χ4v) is 1.31. The summed E-state index contributed by atoms with van der Waals surface area (Å²) in [5.74, 6) is -3.27. The summed E-state index contributed by atoms with van der Waals surface area (Å²) in [7, 11) is 0. The van der Waals surface area contributed by atoms with Crippen molar-refractivity contribution in [3.63, 3.8) is 0 Å². The highest BCUT2D eigenvalue weighted by atomic mass is 19.4. The highest BCUT2D eigenvalue weighted by molar-refractivity contribution is 5.73. The molecule has 100 valence electrons. The third kappa shape index (κ3) is 6.10. The quantitative estimate of drug-likeness (QED) is 0.685. The van der Waals surface area contributed by atoms with Crippen molar-refractivity contribution in [1.29, 1.82) is 0 Å². The summed E-state index contributed by atoms with van der Waals surface area (Å²) < 4.78 is 31.7. The van der Waals surface area contributed by atoms with Gasteiger partial charge in [0.15, 0.2) is 0 Å². The lowest BCUT2D eigenvalue weighted by Gasteiger charge is -2.11. The van der Waals surface area contributed by atoms with E-state index in [9.17, 15) is 18.0 Å². The maximum Gasteiger partial charge on any atom is 0.490 e. The second kappa shape index (κ2) is 6.43. The third-order valence-electron chi connectivity index (χ3n) is 2.44. The van der Waals surface area contributed by atoms with Gasteiger partial charge in [-0.2, -0.15) is 13.2 Å². The molecule has 0 aromatic rings. The van der Waals surface area contributed by atoms with Crippen LogP contribution in [0.3, 0.4) is 0 Å². The highest BCUT2D eigenvalue weighted by Gasteiger charge is 2.38. The van der Waals surface area contributed by atoms with E-state index in [0.29, 0.717) is 5.92 Å². The van der Waals surface area contributed by atoms with Crippen molar-refractivity contribution in [1.82, 2.24) is 5.32 Å². The van der Waals surface area contributed by atoms with Crippen molar-refractivity contribution < 1.29 is 33.0 Å². The maximum atomic E-state index is 10.6. The molecule has 0 saturated carbocycles. The maximum absolute atomic E-state index is 10.6. The molecule has 1 saturated heterocycles. The minimum atomic E-state index is -5.08. The first-order valence-electron chi connectivity index (χ1n) is 4.90. The Morgan fingerprint density at radius 3 is 2.06 bits per heavy atom. The molecule has 17 heavy (non-hydrogen) atoms. The number of aliphatic carboxylic acids is 2. The highest BCUT2D eigenvalue weighted by Crippen LogP contribution is 2.18. The number of hydrogen-bond acceptors (Lipinski definition) is 3. The Balaban J connectivity index is 0.000000325. The summed E-state index contributed by atoms with van der Waals surface area (Å²) in [6.45, 7) is 3.62. The van der Waals surface area contributed by atoms with Crippen molar-refractivity contribution >= 4 is 11.9 Å². The summed E-state index contributed by atoms with van der Waals surface area (Å²) in [6.07, 6.45) is -4.08. The number of carboxylic acid groups (broad SMARTS) is 2. The third-order valence-corrected chi connectivity index (χ3v) is 2.44. The lowest BCUT2D eigenvalue weighted by atomic mass is 9.94. The average Bonchev–Trinajstić information content (AvgIpc) is 2.68. The number of hydrogen-bond donors (Lipinski definition) is 3. The van der Waals surface area contributed by atoms with Crippen LogP contribution in [-0.4, -0.2) is 41.4 Å². The molecule has 0 bridgehead atoms. The molecule has 1 heterocycles. The molecule has 2 atom stereocenters. The molecule has 1 fully saturated rings. The van der Waals surface area contributed by atoms with Crippen molar-refractivity contribution in [2.24, 2.45) is 11.8 Å². The summed E-state index contributed by atoms with van der Waals surface area (Å²) >= 11 is 0. The Morgan fingerprint density at radius 1 is 1.35 bits per heavy atom. The van der Waals surface area contributed by atoms with Crippen LogP contribution >= 0.6 is 0 Å². The van der Waals surface area contributed by atoms with E-state index in [2.05, 4.69) is 5.32 Å². The summed E-state index contributed by atoms with van der Waals surface area (Å²) in [5.41, 5.74) is 0. The van der Waals surface area contributed by atoms with Crippen molar-refractivity contribution in [3.05, 3.63) is 0 Å². The number of carbonyl (C=O) groups is 2. The van der Waals surface area contributed by atoms with Gasteiger partial charge in [0, 0.05) is 0 Å². The van der Waals surface area contributed by atoms with Gasteiger partial charge in [0.05, 0.1) is 5.92 Å². The van der Waals surface area contributed by atoms with E-state index in [4.69, 9.17) is 15.0 Å². The summed E-state index contributed by atoms with van der Waals surface area (Å²) in [6, 6.07) is 0. The zero-order valence-corrected chi connectivity index (χ0v) is 9.12. The van der Waals surface area contributed by atoms with Crippen LogP contribution in [0.25, 0.3) is 0 Å². The first kappa shape index (κ1) is 15.7. The Bertz CT molecular complexity index is 274. The van der Waals surface area contributed by atoms with E-state index in [1.807, 2.05) is 0 Å². The van der Waals surface area contributed by atoms with Crippen LogP contribution in [0.4, 0.5) is 13.2 Å². The number of alkyl halides is 3. The van der Waals surface area contributed by atoms with E-state index in [-0.39, 0.29) is 5.92 Å².